The number of esters is 2. The molecular weight excluding hydrogens is 506 g/mol. The summed E-state index contributed by atoms with van der Waals surface area (Å²) in [6.45, 7) is 4.19. The third-order valence-corrected chi connectivity index (χ3v) is 4.89. The number of carbonyl (C=O) groups excluding carboxylic acids is 4. The number of ether oxygens (including phenoxy) is 4. The zero-order valence-corrected chi connectivity index (χ0v) is 21.0. The average Bonchev–Trinajstić information content (AvgIpc) is 3.42. The third-order valence-electron chi connectivity index (χ3n) is 4.89. The Hall–Kier alpha value is -4.88. The second-order valence-electron chi connectivity index (χ2n) is 8.02. The van der Waals surface area contributed by atoms with Crippen molar-refractivity contribution >= 4 is 35.6 Å². The molecule has 0 radical (unpaired) electrons. The number of rotatable bonds is 11. The van der Waals surface area contributed by atoms with Crippen LogP contribution in [0.5, 0.6) is 11.5 Å². The van der Waals surface area contributed by atoms with E-state index in [0.717, 1.165) is 11.0 Å². The molecule has 0 unspecified atom stereocenters. The number of nitrogens with one attached hydrogen (secondary N) is 1. The molecule has 0 aliphatic carbocycles. The van der Waals surface area contributed by atoms with Crippen molar-refractivity contribution in [3.05, 3.63) is 57.2 Å². The highest BCUT2D eigenvalue weighted by Gasteiger charge is 2.35. The number of nitro groups is 1. The van der Waals surface area contributed by atoms with Gasteiger partial charge in [-0.2, -0.15) is 0 Å². The van der Waals surface area contributed by atoms with Crippen LogP contribution < -0.4 is 14.8 Å². The lowest BCUT2D eigenvalue weighted by atomic mass is 10.1. The number of amides is 3. The van der Waals surface area contributed by atoms with Crippen LogP contribution in [0.15, 0.2) is 34.4 Å². The first-order chi connectivity index (χ1) is 18.0. The Morgan fingerprint density at radius 2 is 1.95 bits per heavy atom. The van der Waals surface area contributed by atoms with Gasteiger partial charge in [-0.15, -0.1) is 0 Å². The highest BCUT2D eigenvalue weighted by atomic mass is 16.6. The van der Waals surface area contributed by atoms with Crippen LogP contribution in [0.1, 0.15) is 42.6 Å². The van der Waals surface area contributed by atoms with E-state index in [4.69, 9.17) is 18.6 Å². The zero-order chi connectivity index (χ0) is 28.0. The molecule has 1 aliphatic rings. The molecule has 0 atom stereocenters. The predicted octanol–water partition coefficient (Wildman–Crippen LogP) is 2.80. The zero-order valence-electron chi connectivity index (χ0n) is 21.0. The van der Waals surface area contributed by atoms with E-state index in [-0.39, 0.29) is 47.4 Å². The number of methoxy groups -OCH3 is 1. The van der Waals surface area contributed by atoms with E-state index in [1.54, 1.807) is 20.8 Å². The molecule has 2 heterocycles. The van der Waals surface area contributed by atoms with Gasteiger partial charge in [0.1, 0.15) is 11.5 Å². The Kier molecular flexibility index (Phi) is 8.68. The van der Waals surface area contributed by atoms with Gasteiger partial charge in [0.05, 0.1) is 31.3 Å². The second kappa shape index (κ2) is 11.9. The van der Waals surface area contributed by atoms with Crippen molar-refractivity contribution in [2.45, 2.75) is 33.4 Å². The van der Waals surface area contributed by atoms with Crippen molar-refractivity contribution in [1.29, 1.82) is 0 Å². The summed E-state index contributed by atoms with van der Waals surface area (Å²) in [5.41, 5.74) is -0.547. The van der Waals surface area contributed by atoms with Crippen molar-refractivity contribution < 1.29 is 47.5 Å². The molecule has 1 aliphatic heterocycles. The van der Waals surface area contributed by atoms with E-state index in [1.165, 1.54) is 31.4 Å². The molecule has 2 aromatic rings. The summed E-state index contributed by atoms with van der Waals surface area (Å²) in [5.74, 6) is -2.46. The summed E-state index contributed by atoms with van der Waals surface area (Å²) in [6.07, 6.45) is 0.831. The van der Waals surface area contributed by atoms with Gasteiger partial charge >= 0.3 is 23.7 Å². The van der Waals surface area contributed by atoms with E-state index in [2.05, 4.69) is 10.1 Å². The van der Waals surface area contributed by atoms with Gasteiger partial charge in [-0.05, 0) is 50.6 Å². The number of nitrogens with zero attached hydrogens (tertiary/aromatic N) is 2. The minimum absolute atomic E-state index is 0.0505. The Balaban J connectivity index is 1.87. The molecule has 14 heteroatoms. The molecule has 1 N–H and O–H groups in total. The predicted molar refractivity (Wildman–Crippen MR) is 128 cm³/mol. The Bertz CT molecular complexity index is 1300. The molecule has 1 aromatic carbocycles. The maximum absolute atomic E-state index is 12.9. The Labute approximate surface area is 216 Å². The van der Waals surface area contributed by atoms with Gasteiger partial charge in [-0.25, -0.2) is 14.4 Å². The van der Waals surface area contributed by atoms with Crippen LogP contribution in [0.4, 0.5) is 10.5 Å². The number of imide groups is 1. The van der Waals surface area contributed by atoms with Gasteiger partial charge in [0.2, 0.25) is 11.5 Å². The molecule has 0 bridgehead atoms. The summed E-state index contributed by atoms with van der Waals surface area (Å²) < 4.78 is 25.7. The molecular formula is C24H25N3O11. The van der Waals surface area contributed by atoms with E-state index in [1.807, 2.05) is 0 Å². The first-order valence-corrected chi connectivity index (χ1v) is 11.3. The van der Waals surface area contributed by atoms with Crippen LogP contribution in [0, 0.1) is 10.1 Å². The lowest BCUT2D eigenvalue weighted by Gasteiger charge is -2.14. The average molecular weight is 531 g/mol. The number of hydrogen-bond acceptors (Lipinski definition) is 11. The van der Waals surface area contributed by atoms with E-state index in [0.29, 0.717) is 0 Å². The second-order valence-corrected chi connectivity index (χ2v) is 8.02. The van der Waals surface area contributed by atoms with Crippen molar-refractivity contribution in [2.75, 3.05) is 20.3 Å². The number of urea groups is 1. The Morgan fingerprint density at radius 1 is 1.21 bits per heavy atom. The number of furan rings is 1. The highest BCUT2D eigenvalue weighted by molar-refractivity contribution is 6.13. The lowest BCUT2D eigenvalue weighted by Crippen LogP contribution is -2.30. The van der Waals surface area contributed by atoms with Gasteiger partial charge < -0.3 is 28.7 Å². The quantitative estimate of drug-likeness (QED) is 0.148. The first-order valence-electron chi connectivity index (χ1n) is 11.3. The number of hydrogen-bond donors (Lipinski definition) is 1. The summed E-state index contributed by atoms with van der Waals surface area (Å²) in [7, 11) is 1.18. The topological polar surface area (TPSA) is 177 Å². The van der Waals surface area contributed by atoms with E-state index < -0.39 is 47.2 Å². The van der Waals surface area contributed by atoms with Crippen LogP contribution in [0.3, 0.4) is 0 Å². The molecule has 202 valence electrons. The molecule has 38 heavy (non-hydrogen) atoms. The fourth-order valence-corrected chi connectivity index (χ4v) is 3.37. The molecule has 1 aromatic heterocycles. The maximum atomic E-state index is 12.9. The van der Waals surface area contributed by atoms with Crippen LogP contribution in [0.25, 0.3) is 6.08 Å². The molecule has 14 nitrogen and oxygen atoms in total. The van der Waals surface area contributed by atoms with Crippen LogP contribution in [-0.2, 0) is 25.6 Å². The molecule has 3 amide bonds. The number of benzene rings is 1. The fraction of sp³-hybridized carbons (Fsp3) is 0.333. The molecule has 0 spiro atoms. The normalized spacial score (nSPS) is 14.0. The SMILES string of the molecule is CCOc1cc(/C=C2\NC(=O)N(Cc3ccc(C(=O)OC)o3)C2=O)cc([N+](=O)[O-])c1OCC(=O)OC(C)C. The van der Waals surface area contributed by atoms with Crippen molar-refractivity contribution in [2.24, 2.45) is 0 Å². The van der Waals surface area contributed by atoms with E-state index in [9.17, 15) is 29.3 Å². The monoisotopic (exact) mass is 531 g/mol. The minimum atomic E-state index is -0.764. The largest absolute Gasteiger partial charge is 0.490 e. The van der Waals surface area contributed by atoms with Gasteiger partial charge in [0, 0.05) is 6.07 Å². The van der Waals surface area contributed by atoms with Crippen molar-refractivity contribution in [3.8, 4) is 11.5 Å². The number of carbonyl (C=O) groups is 4. The maximum Gasteiger partial charge on any atom is 0.373 e. The smallest absolute Gasteiger partial charge is 0.373 e. The van der Waals surface area contributed by atoms with Crippen molar-refractivity contribution in [3.63, 3.8) is 0 Å². The third kappa shape index (κ3) is 6.46. The van der Waals surface area contributed by atoms with Gasteiger partial charge in [-0.3, -0.25) is 19.8 Å². The summed E-state index contributed by atoms with van der Waals surface area (Å²) >= 11 is 0. The highest BCUT2D eigenvalue weighted by Crippen LogP contribution is 2.39. The summed E-state index contributed by atoms with van der Waals surface area (Å²) in [5, 5.41) is 14.2. The van der Waals surface area contributed by atoms with Crippen molar-refractivity contribution in [1.82, 2.24) is 10.2 Å². The van der Waals surface area contributed by atoms with Crippen LogP contribution in [0.2, 0.25) is 0 Å². The summed E-state index contributed by atoms with van der Waals surface area (Å²) in [4.78, 5) is 60.6. The number of nitro benzene ring substituents is 1. The summed E-state index contributed by atoms with van der Waals surface area (Å²) in [6, 6.07) is 4.47. The minimum Gasteiger partial charge on any atom is -0.490 e. The van der Waals surface area contributed by atoms with Crippen LogP contribution >= 0.6 is 0 Å². The first kappa shape index (κ1) is 27.7. The van der Waals surface area contributed by atoms with Gasteiger partial charge in [0.25, 0.3) is 5.91 Å². The molecule has 3 rings (SSSR count). The lowest BCUT2D eigenvalue weighted by molar-refractivity contribution is -0.385. The molecule has 1 fully saturated rings. The van der Waals surface area contributed by atoms with Crippen LogP contribution in [-0.4, -0.2) is 60.1 Å². The van der Waals surface area contributed by atoms with Gasteiger partial charge in [-0.1, -0.05) is 0 Å². The van der Waals surface area contributed by atoms with E-state index >= 15 is 0 Å². The molecule has 0 saturated carbocycles. The molecule has 1 saturated heterocycles. The fourth-order valence-electron chi connectivity index (χ4n) is 3.37. The Morgan fingerprint density at radius 3 is 2.58 bits per heavy atom. The van der Waals surface area contributed by atoms with Gasteiger partial charge in [0.15, 0.2) is 12.4 Å². The standard InChI is InChI=1S/C24H25N3O11/c1-5-35-19-10-14(9-17(27(32)33)21(19)36-12-20(28)37-13(2)3)8-16-22(29)26(24(31)25-16)11-15-6-7-18(38-15)23(30)34-4/h6-10,13H,5,11-12H2,1-4H3,(H,25,31)/b16-8-.